The first kappa shape index (κ1) is 42.0. The first-order valence-electron chi connectivity index (χ1n) is 20.1. The van der Waals surface area contributed by atoms with Crippen LogP contribution in [0.2, 0.25) is 0 Å². The Balaban J connectivity index is 0.000000225. The number of halogens is 4. The lowest BCUT2D eigenvalue weighted by Crippen LogP contribution is -2.60. The molecular formula is C42H44F4N10O4S. The Kier molecular flexibility index (Phi) is 11.4. The highest BCUT2D eigenvalue weighted by Crippen LogP contribution is 2.61. The van der Waals surface area contributed by atoms with Crippen molar-refractivity contribution in [1.82, 2.24) is 33.9 Å². The second-order valence-electron chi connectivity index (χ2n) is 16.2. The van der Waals surface area contributed by atoms with Crippen molar-refractivity contribution in [2.24, 2.45) is 12.5 Å². The van der Waals surface area contributed by atoms with Crippen molar-refractivity contribution in [3.8, 4) is 17.6 Å². The van der Waals surface area contributed by atoms with Crippen LogP contribution in [-0.4, -0.2) is 85.7 Å². The highest BCUT2D eigenvalue weighted by atomic mass is 32.2. The quantitative estimate of drug-likeness (QED) is 0.112. The van der Waals surface area contributed by atoms with Crippen LogP contribution in [-0.2, 0) is 11.8 Å². The van der Waals surface area contributed by atoms with Crippen LogP contribution in [0, 0.1) is 28.4 Å². The number of piperidine rings is 1. The molecule has 0 atom stereocenters. The third-order valence-electron chi connectivity index (χ3n) is 12.1. The van der Waals surface area contributed by atoms with Gasteiger partial charge in [-0.1, -0.05) is 6.92 Å². The van der Waals surface area contributed by atoms with Crippen LogP contribution in [0.5, 0.6) is 11.5 Å². The van der Waals surface area contributed by atoms with E-state index >= 15 is 0 Å². The summed E-state index contributed by atoms with van der Waals surface area (Å²) in [6.45, 7) is 3.57. The van der Waals surface area contributed by atoms with E-state index in [9.17, 15) is 37.2 Å². The molecule has 0 radical (unpaired) electrons. The molecule has 1 spiro atoms. The molecule has 0 unspecified atom stereocenters. The predicted molar refractivity (Wildman–Crippen MR) is 222 cm³/mol. The molecule has 2 aliphatic heterocycles. The average molecular weight is 861 g/mol. The van der Waals surface area contributed by atoms with E-state index in [0.29, 0.717) is 34.2 Å². The number of nitrogens with zero attached hydrogens (tertiary/aromatic N) is 8. The van der Waals surface area contributed by atoms with Crippen LogP contribution in [0.3, 0.4) is 0 Å². The molecule has 3 amide bonds. The third kappa shape index (κ3) is 8.48. The summed E-state index contributed by atoms with van der Waals surface area (Å²) < 4.78 is 70.0. The van der Waals surface area contributed by atoms with E-state index in [1.165, 1.54) is 47.4 Å². The summed E-state index contributed by atoms with van der Waals surface area (Å²) in [6, 6.07) is 13.4. The van der Waals surface area contributed by atoms with Crippen LogP contribution in [0.15, 0.2) is 59.7 Å². The summed E-state index contributed by atoms with van der Waals surface area (Å²) in [7, 11) is 3.60. The summed E-state index contributed by atoms with van der Waals surface area (Å²) in [5, 5.41) is 17.1. The topological polar surface area (TPSA) is 154 Å². The number of benzene rings is 3. The van der Waals surface area contributed by atoms with Gasteiger partial charge in [-0.25, -0.2) is 31.6 Å². The Morgan fingerprint density at radius 3 is 2.52 bits per heavy atom. The largest absolute Gasteiger partial charge is 0.453 e. The van der Waals surface area contributed by atoms with Crippen molar-refractivity contribution in [1.29, 1.82) is 5.26 Å². The van der Waals surface area contributed by atoms with Crippen molar-refractivity contribution < 1.29 is 31.9 Å². The molecule has 2 N–H and O–H groups in total. The molecule has 3 aromatic carbocycles. The van der Waals surface area contributed by atoms with Gasteiger partial charge in [-0.15, -0.1) is 0 Å². The summed E-state index contributed by atoms with van der Waals surface area (Å²) >= 11 is 1.28. The second-order valence-corrected chi connectivity index (χ2v) is 17.2. The van der Waals surface area contributed by atoms with Gasteiger partial charge < -0.3 is 9.46 Å². The molecule has 2 saturated heterocycles. The number of carbonyl (C=O) groups excluding carboxylic acids is 2. The van der Waals surface area contributed by atoms with E-state index in [2.05, 4.69) is 20.1 Å². The van der Waals surface area contributed by atoms with Gasteiger partial charge in [0, 0.05) is 62.6 Å². The number of nitrogens with one attached hydrogen (secondary N) is 2. The average Bonchev–Trinajstić information content (AvgIpc) is 3.51. The van der Waals surface area contributed by atoms with Gasteiger partial charge >= 0.3 is 6.03 Å². The molecule has 0 bridgehead atoms. The molecule has 61 heavy (non-hydrogen) atoms. The number of aromatic nitrogens is 4. The number of nitriles is 1. The first-order valence-corrected chi connectivity index (χ1v) is 20.8. The van der Waals surface area contributed by atoms with Gasteiger partial charge in [0.25, 0.3) is 11.5 Å². The van der Waals surface area contributed by atoms with Crippen molar-refractivity contribution in [3.05, 3.63) is 82.4 Å². The maximum Gasteiger partial charge on any atom is 0.329 e. The number of amides is 3. The number of urea groups is 1. The van der Waals surface area contributed by atoms with Gasteiger partial charge in [0.15, 0.2) is 17.4 Å². The molecule has 4 fully saturated rings. The van der Waals surface area contributed by atoms with Gasteiger partial charge in [0.1, 0.15) is 23.2 Å². The number of fused-ring (bicyclic) bond motifs is 2. The van der Waals surface area contributed by atoms with E-state index in [0.717, 1.165) is 44.3 Å². The fraction of sp³-hybridized carbons (Fsp3) is 0.429. The van der Waals surface area contributed by atoms with Crippen molar-refractivity contribution in [3.63, 3.8) is 0 Å². The first-order chi connectivity index (χ1) is 29.2. The van der Waals surface area contributed by atoms with Gasteiger partial charge in [-0.3, -0.25) is 34.0 Å². The lowest BCUT2D eigenvalue weighted by atomic mass is 9.51. The third-order valence-corrected chi connectivity index (χ3v) is 12.9. The summed E-state index contributed by atoms with van der Waals surface area (Å²) in [6.07, 6.45) is 5.70. The number of hydrogen-bond acceptors (Lipinski definition) is 11. The van der Waals surface area contributed by atoms with E-state index in [4.69, 9.17) is 4.74 Å². The number of aryl methyl sites for hydroxylation is 1. The van der Waals surface area contributed by atoms with Crippen LogP contribution in [0.25, 0.3) is 21.8 Å². The maximum atomic E-state index is 14.8. The van der Waals surface area contributed by atoms with Crippen LogP contribution < -0.4 is 25.2 Å². The highest BCUT2D eigenvalue weighted by Gasteiger charge is 2.56. The minimum absolute atomic E-state index is 0.00753. The predicted octanol–water partition coefficient (Wildman–Crippen LogP) is 7.50. The fourth-order valence-corrected chi connectivity index (χ4v) is 9.32. The van der Waals surface area contributed by atoms with Crippen LogP contribution >= 0.6 is 12.1 Å². The number of likely N-dealkylation sites (tertiary alicyclic amines) is 1. The standard InChI is InChI=1S/C30H33F3N6O2S.C12H11FN4O2/c1-3-37(2)42-36-26-8-6-24(31)27(23(26)16-34)41-21-5-7-25-22(11-21)28(40)39(18-35-25)20-14-29(15-20)12-19(13-29)38-10-4-9-30(32,33)17-38;1-16-9-3-2-7(13)6-8(9)11(15-16)17-5-4-10(18)14-12(17)19/h5-8,11,18-20,36H,3-4,9-10,12-15,17H2,1-2H3;2-3,6H,4-5H2,1H3,(H,14,18,19). The Hall–Kier alpha value is -5.71. The lowest BCUT2D eigenvalue weighted by molar-refractivity contribution is -0.130. The number of ether oxygens (including phenoxy) is 1. The minimum Gasteiger partial charge on any atom is -0.453 e. The molecule has 320 valence electrons. The number of rotatable bonds is 9. The zero-order chi connectivity index (χ0) is 43.2. The molecule has 9 rings (SSSR count). The van der Waals surface area contributed by atoms with Gasteiger partial charge in [-0.2, -0.15) is 10.4 Å². The zero-order valence-corrected chi connectivity index (χ0v) is 34.6. The summed E-state index contributed by atoms with van der Waals surface area (Å²) in [4.78, 5) is 44.2. The maximum absolute atomic E-state index is 14.8. The van der Waals surface area contributed by atoms with Gasteiger partial charge in [-0.05, 0) is 99.6 Å². The van der Waals surface area contributed by atoms with Crippen LogP contribution in [0.4, 0.5) is 33.9 Å². The molecule has 5 aromatic rings. The van der Waals surface area contributed by atoms with Gasteiger partial charge in [0.05, 0.1) is 35.0 Å². The molecule has 4 aliphatic rings. The minimum atomic E-state index is -2.60. The second kappa shape index (κ2) is 16.6. The van der Waals surface area contributed by atoms with E-state index in [1.54, 1.807) is 40.8 Å². The fourth-order valence-electron chi connectivity index (χ4n) is 8.76. The Bertz CT molecular complexity index is 2620. The lowest BCUT2D eigenvalue weighted by Gasteiger charge is -2.60. The smallest absolute Gasteiger partial charge is 0.329 e. The SMILES string of the molecule is CCN(C)SNc1ccc(F)c(Oc2ccc3ncn(C4CC5(CC(N6CCCC(F)(F)C6)C5)C4)c(=O)c3c2)c1C#N.Cn1nc(N2CCC(=O)NC2=O)c2cc(F)ccc21. The van der Waals surface area contributed by atoms with E-state index < -0.39 is 23.6 Å². The number of alkyl halides is 2. The normalized spacial score (nSPS) is 22.3. The molecule has 4 heterocycles. The summed E-state index contributed by atoms with van der Waals surface area (Å²) in [5.74, 6) is -3.64. The molecule has 14 nitrogen and oxygen atoms in total. The molecule has 2 aliphatic carbocycles. The number of carbonyl (C=O) groups is 2. The number of imide groups is 1. The Morgan fingerprint density at radius 2 is 1.80 bits per heavy atom. The molecular weight excluding hydrogens is 817 g/mol. The number of hydrogen-bond donors (Lipinski definition) is 2. The van der Waals surface area contributed by atoms with Crippen molar-refractivity contribution in [2.45, 2.75) is 69.9 Å². The van der Waals surface area contributed by atoms with Crippen LogP contribution in [0.1, 0.15) is 63.5 Å². The Morgan fingerprint density at radius 1 is 1.03 bits per heavy atom. The van der Waals surface area contributed by atoms with Crippen molar-refractivity contribution in [2.75, 3.05) is 42.8 Å². The highest BCUT2D eigenvalue weighted by molar-refractivity contribution is 7.98. The van der Waals surface area contributed by atoms with E-state index in [1.807, 2.05) is 29.2 Å². The molecule has 2 aromatic heterocycles. The zero-order valence-electron chi connectivity index (χ0n) is 33.8. The van der Waals surface area contributed by atoms with Gasteiger partial charge in [0.2, 0.25) is 5.91 Å². The monoisotopic (exact) mass is 860 g/mol. The Labute approximate surface area is 352 Å². The summed E-state index contributed by atoms with van der Waals surface area (Å²) in [5.41, 5.74) is 1.53. The molecule has 19 heteroatoms. The molecule has 2 saturated carbocycles. The van der Waals surface area contributed by atoms with Crippen molar-refractivity contribution >= 4 is 57.4 Å². The van der Waals surface area contributed by atoms with E-state index in [-0.39, 0.29) is 72.0 Å². The number of anilines is 2.